The average Bonchev–Trinajstić information content (AvgIpc) is 3.47. The second-order valence-corrected chi connectivity index (χ2v) is 8.48. The van der Waals surface area contributed by atoms with E-state index in [1.54, 1.807) is 6.20 Å². The van der Waals surface area contributed by atoms with Gasteiger partial charge in [-0.2, -0.15) is 0 Å². The zero-order chi connectivity index (χ0) is 24.2. The number of hydrogen-bond acceptors (Lipinski definition) is 10. The molecule has 0 spiro atoms. The fourth-order valence-corrected chi connectivity index (χ4v) is 4.32. The number of pyridine rings is 1. The van der Waals surface area contributed by atoms with Crippen molar-refractivity contribution in [1.29, 1.82) is 0 Å². The first-order chi connectivity index (χ1) is 17.1. The molecule has 11 heteroatoms. The van der Waals surface area contributed by atoms with E-state index >= 15 is 0 Å². The Hall–Kier alpha value is -3.54. The molecule has 0 saturated carbocycles. The number of aromatic nitrogens is 5. The summed E-state index contributed by atoms with van der Waals surface area (Å²) in [6.07, 6.45) is 2.69. The summed E-state index contributed by atoms with van der Waals surface area (Å²) in [4.78, 5) is 11.4. The van der Waals surface area contributed by atoms with Gasteiger partial charge in [-0.25, -0.2) is 14.6 Å². The van der Waals surface area contributed by atoms with E-state index in [2.05, 4.69) is 25.2 Å². The molecular weight excluding hydrogens is 450 g/mol. The summed E-state index contributed by atoms with van der Waals surface area (Å²) in [5, 5.41) is 18.2. The van der Waals surface area contributed by atoms with Gasteiger partial charge in [-0.05, 0) is 54.3 Å². The van der Waals surface area contributed by atoms with Crippen LogP contribution in [0.3, 0.4) is 0 Å². The van der Waals surface area contributed by atoms with Crippen LogP contribution in [0.25, 0.3) is 22.6 Å². The number of nitrogens with zero attached hydrogens (tertiary/aromatic N) is 6. The van der Waals surface area contributed by atoms with Crippen molar-refractivity contribution < 1.29 is 19.2 Å². The fourth-order valence-electron chi connectivity index (χ4n) is 4.32. The normalized spacial score (nSPS) is 15.5. The maximum atomic E-state index is 10.7. The molecule has 1 fully saturated rings. The third-order valence-corrected chi connectivity index (χ3v) is 6.17. The minimum atomic E-state index is -0.555. The van der Waals surface area contributed by atoms with Gasteiger partial charge >= 0.3 is 0 Å². The van der Waals surface area contributed by atoms with E-state index in [4.69, 9.17) is 19.8 Å². The van der Waals surface area contributed by atoms with Gasteiger partial charge in [0.05, 0.1) is 31.0 Å². The Labute approximate surface area is 202 Å². The topological polar surface area (TPSA) is 138 Å². The molecule has 35 heavy (non-hydrogen) atoms. The smallest absolute Gasteiger partial charge is 0.221 e. The predicted octanol–water partition coefficient (Wildman–Crippen LogP) is 3.02. The van der Waals surface area contributed by atoms with Crippen molar-refractivity contribution in [3.8, 4) is 23.1 Å². The SMILES string of the molecule is CCn1c(-c2nonc2N)nc2cnc(Oc3cccc(C(O)CCCN4CCOCC4)c3)cc21. The molecule has 1 aliphatic heterocycles. The van der Waals surface area contributed by atoms with Crippen molar-refractivity contribution >= 4 is 16.9 Å². The number of benzene rings is 1. The van der Waals surface area contributed by atoms with Crippen molar-refractivity contribution in [3.05, 3.63) is 42.1 Å². The third kappa shape index (κ3) is 5.11. The molecule has 0 radical (unpaired) electrons. The van der Waals surface area contributed by atoms with Crippen LogP contribution in [0.15, 0.2) is 41.2 Å². The Morgan fingerprint density at radius 2 is 2.06 bits per heavy atom. The first-order valence-corrected chi connectivity index (χ1v) is 11.8. The summed E-state index contributed by atoms with van der Waals surface area (Å²) in [5.74, 6) is 1.76. The number of hydrogen-bond donors (Lipinski definition) is 2. The van der Waals surface area contributed by atoms with E-state index in [-0.39, 0.29) is 5.82 Å². The molecule has 0 amide bonds. The van der Waals surface area contributed by atoms with Crippen molar-refractivity contribution in [2.75, 3.05) is 38.6 Å². The zero-order valence-electron chi connectivity index (χ0n) is 19.6. The van der Waals surface area contributed by atoms with Crippen LogP contribution in [-0.2, 0) is 11.3 Å². The summed E-state index contributed by atoms with van der Waals surface area (Å²) in [6, 6.07) is 9.32. The molecule has 0 bridgehead atoms. The maximum absolute atomic E-state index is 10.7. The van der Waals surface area contributed by atoms with Gasteiger partial charge in [0.2, 0.25) is 5.88 Å². The number of fused-ring (bicyclic) bond motifs is 1. The van der Waals surface area contributed by atoms with Crippen LogP contribution in [0.4, 0.5) is 5.82 Å². The van der Waals surface area contributed by atoms with Crippen molar-refractivity contribution in [1.82, 2.24) is 29.7 Å². The number of anilines is 1. The van der Waals surface area contributed by atoms with Crippen LogP contribution in [0.1, 0.15) is 31.4 Å². The Balaban J connectivity index is 1.29. The number of nitrogen functional groups attached to an aromatic ring is 1. The van der Waals surface area contributed by atoms with E-state index < -0.39 is 6.10 Å². The lowest BCUT2D eigenvalue weighted by Crippen LogP contribution is -2.36. The summed E-state index contributed by atoms with van der Waals surface area (Å²) < 4.78 is 18.1. The van der Waals surface area contributed by atoms with Gasteiger partial charge in [-0.1, -0.05) is 12.1 Å². The first-order valence-electron chi connectivity index (χ1n) is 11.8. The van der Waals surface area contributed by atoms with Crippen LogP contribution in [0.5, 0.6) is 11.6 Å². The van der Waals surface area contributed by atoms with Crippen LogP contribution in [0, 0.1) is 0 Å². The zero-order valence-corrected chi connectivity index (χ0v) is 19.6. The predicted molar refractivity (Wildman–Crippen MR) is 129 cm³/mol. The molecule has 11 nitrogen and oxygen atoms in total. The Morgan fingerprint density at radius 1 is 1.20 bits per heavy atom. The second kappa shape index (κ2) is 10.4. The van der Waals surface area contributed by atoms with Crippen LogP contribution in [-0.4, -0.2) is 67.7 Å². The lowest BCUT2D eigenvalue weighted by atomic mass is 10.0. The largest absolute Gasteiger partial charge is 0.439 e. The second-order valence-electron chi connectivity index (χ2n) is 8.48. The molecule has 4 aromatic rings. The Kier molecular flexibility index (Phi) is 6.89. The van der Waals surface area contributed by atoms with Gasteiger partial charge in [-0.15, -0.1) is 0 Å². The van der Waals surface area contributed by atoms with Crippen LogP contribution >= 0.6 is 0 Å². The molecule has 0 aliphatic carbocycles. The summed E-state index contributed by atoms with van der Waals surface area (Å²) in [5.41, 5.74) is 8.59. The summed E-state index contributed by atoms with van der Waals surface area (Å²) in [6.45, 7) is 7.08. The minimum absolute atomic E-state index is 0.180. The molecule has 1 unspecified atom stereocenters. The molecule has 3 N–H and O–H groups in total. The molecular formula is C24H29N7O4. The molecule has 1 aliphatic rings. The maximum Gasteiger partial charge on any atom is 0.221 e. The summed E-state index contributed by atoms with van der Waals surface area (Å²) in [7, 11) is 0. The number of rotatable bonds is 9. The molecule has 184 valence electrons. The van der Waals surface area contributed by atoms with E-state index in [1.807, 2.05) is 41.8 Å². The fraction of sp³-hybridized carbons (Fsp3) is 0.417. The van der Waals surface area contributed by atoms with Gasteiger partial charge < -0.3 is 24.9 Å². The van der Waals surface area contributed by atoms with Crippen molar-refractivity contribution in [2.45, 2.75) is 32.4 Å². The number of aliphatic hydroxyl groups is 1. The van der Waals surface area contributed by atoms with Crippen molar-refractivity contribution in [3.63, 3.8) is 0 Å². The van der Waals surface area contributed by atoms with Gasteiger partial charge in [0, 0.05) is 25.7 Å². The van der Waals surface area contributed by atoms with Gasteiger partial charge in [0.15, 0.2) is 17.3 Å². The van der Waals surface area contributed by atoms with E-state index in [9.17, 15) is 5.11 Å². The molecule has 1 atom stereocenters. The molecule has 4 heterocycles. The minimum Gasteiger partial charge on any atom is -0.439 e. The highest BCUT2D eigenvalue weighted by atomic mass is 16.6. The lowest BCUT2D eigenvalue weighted by molar-refractivity contribution is 0.0352. The molecule has 1 saturated heterocycles. The highest BCUT2D eigenvalue weighted by Gasteiger charge is 2.19. The molecule has 3 aromatic heterocycles. The van der Waals surface area contributed by atoms with E-state index in [0.717, 1.165) is 50.3 Å². The third-order valence-electron chi connectivity index (χ3n) is 6.17. The summed E-state index contributed by atoms with van der Waals surface area (Å²) >= 11 is 0. The van der Waals surface area contributed by atoms with Gasteiger partial charge in [-0.3, -0.25) is 4.90 Å². The van der Waals surface area contributed by atoms with Crippen molar-refractivity contribution in [2.24, 2.45) is 0 Å². The number of ether oxygens (including phenoxy) is 2. The van der Waals surface area contributed by atoms with Gasteiger partial charge in [0.25, 0.3) is 0 Å². The first kappa shape index (κ1) is 23.2. The number of imidazole rings is 1. The Bertz CT molecular complexity index is 1280. The van der Waals surface area contributed by atoms with Crippen LogP contribution < -0.4 is 10.5 Å². The lowest BCUT2D eigenvalue weighted by Gasteiger charge is -2.26. The molecule has 5 rings (SSSR count). The Morgan fingerprint density at radius 3 is 2.83 bits per heavy atom. The number of aryl methyl sites for hydroxylation is 1. The average molecular weight is 480 g/mol. The number of morpholine rings is 1. The standard InChI is InChI=1S/C24H29N7O4/c1-2-31-19-14-21(26-15-18(19)27-24(31)22-23(25)29-35-28-22)34-17-6-3-5-16(13-17)20(32)7-4-8-30-9-11-33-12-10-30/h3,5-6,13-15,20,32H,2,4,7-12H2,1H3,(H2,25,29). The monoisotopic (exact) mass is 479 g/mol. The number of nitrogens with two attached hydrogens (primary N) is 1. The highest BCUT2D eigenvalue weighted by molar-refractivity contribution is 5.81. The van der Waals surface area contributed by atoms with E-state index in [1.165, 1.54) is 0 Å². The quantitative estimate of drug-likeness (QED) is 0.368. The highest BCUT2D eigenvalue weighted by Crippen LogP contribution is 2.30. The van der Waals surface area contributed by atoms with E-state index in [0.29, 0.717) is 41.6 Å². The molecule has 1 aromatic carbocycles. The van der Waals surface area contributed by atoms with Crippen LogP contribution in [0.2, 0.25) is 0 Å². The number of aliphatic hydroxyl groups excluding tert-OH is 1. The van der Waals surface area contributed by atoms with Gasteiger partial charge in [0.1, 0.15) is 11.3 Å².